The van der Waals surface area contributed by atoms with Crippen molar-refractivity contribution in [3.63, 3.8) is 0 Å². The highest BCUT2D eigenvalue weighted by atomic mass is 32.1. The molecule has 0 unspecified atom stereocenters. The van der Waals surface area contributed by atoms with E-state index in [1.807, 2.05) is 41.0 Å². The first-order valence-electron chi connectivity index (χ1n) is 7.75. The van der Waals surface area contributed by atoms with Crippen molar-refractivity contribution in [2.45, 2.75) is 6.92 Å². The highest BCUT2D eigenvalue weighted by molar-refractivity contribution is 7.13. The van der Waals surface area contributed by atoms with Gasteiger partial charge in [0.2, 0.25) is 0 Å². The number of H-pyrrole nitrogens is 1. The van der Waals surface area contributed by atoms with Crippen molar-refractivity contribution in [2.75, 3.05) is 31.1 Å². The average molecular weight is 359 g/mol. The highest BCUT2D eigenvalue weighted by Crippen LogP contribution is 2.23. The molecule has 3 aromatic rings. The van der Waals surface area contributed by atoms with Gasteiger partial charge < -0.3 is 14.8 Å². The molecule has 124 valence electrons. The third kappa shape index (κ3) is 2.94. The molecule has 0 aliphatic carbocycles. The van der Waals surface area contributed by atoms with Crippen LogP contribution in [0.4, 0.5) is 5.13 Å². The number of hydrogen-bond donors (Lipinski definition) is 1. The first-order valence-corrected chi connectivity index (χ1v) is 9.51. The van der Waals surface area contributed by atoms with Crippen LogP contribution in [-0.2, 0) is 0 Å². The quantitative estimate of drug-likeness (QED) is 0.781. The van der Waals surface area contributed by atoms with Gasteiger partial charge in [-0.25, -0.2) is 9.97 Å². The summed E-state index contributed by atoms with van der Waals surface area (Å²) in [6, 6.07) is 1.89. The molecule has 3 aromatic heterocycles. The van der Waals surface area contributed by atoms with E-state index in [2.05, 4.69) is 19.9 Å². The zero-order valence-corrected chi connectivity index (χ0v) is 14.9. The molecule has 1 aliphatic rings. The highest BCUT2D eigenvalue weighted by Gasteiger charge is 2.24. The van der Waals surface area contributed by atoms with Crippen LogP contribution in [0.25, 0.3) is 11.3 Å². The number of hydrogen-bond acceptors (Lipinski definition) is 6. The van der Waals surface area contributed by atoms with E-state index in [0.29, 0.717) is 18.8 Å². The Kier molecular flexibility index (Phi) is 4.07. The van der Waals surface area contributed by atoms with Gasteiger partial charge in [0.1, 0.15) is 5.69 Å². The lowest BCUT2D eigenvalue weighted by Crippen LogP contribution is -2.48. The number of thiazole rings is 2. The Hall–Kier alpha value is -2.19. The lowest BCUT2D eigenvalue weighted by Gasteiger charge is -2.34. The number of anilines is 1. The van der Waals surface area contributed by atoms with E-state index in [9.17, 15) is 4.79 Å². The molecule has 0 bridgehead atoms. The smallest absolute Gasteiger partial charge is 0.270 e. The number of nitrogens with zero attached hydrogens (tertiary/aromatic N) is 4. The van der Waals surface area contributed by atoms with Crippen LogP contribution in [0.2, 0.25) is 0 Å². The van der Waals surface area contributed by atoms with Gasteiger partial charge in [0, 0.05) is 54.9 Å². The van der Waals surface area contributed by atoms with Gasteiger partial charge in [-0.3, -0.25) is 4.79 Å². The van der Waals surface area contributed by atoms with E-state index in [-0.39, 0.29) is 5.91 Å². The maximum Gasteiger partial charge on any atom is 0.270 e. The Balaban J connectivity index is 1.42. The van der Waals surface area contributed by atoms with Crippen LogP contribution in [0.3, 0.4) is 0 Å². The number of amides is 1. The third-order valence-corrected chi connectivity index (χ3v) is 5.69. The van der Waals surface area contributed by atoms with E-state index in [1.54, 1.807) is 22.7 Å². The average Bonchev–Trinajstić information content (AvgIpc) is 3.35. The zero-order valence-electron chi connectivity index (χ0n) is 13.2. The van der Waals surface area contributed by atoms with E-state index < -0.39 is 0 Å². The zero-order chi connectivity index (χ0) is 16.5. The monoisotopic (exact) mass is 359 g/mol. The molecular weight excluding hydrogens is 342 g/mol. The van der Waals surface area contributed by atoms with Gasteiger partial charge in [0.25, 0.3) is 5.91 Å². The lowest BCUT2D eigenvalue weighted by molar-refractivity contribution is 0.0741. The van der Waals surface area contributed by atoms with Crippen LogP contribution in [0.1, 0.15) is 15.5 Å². The fourth-order valence-corrected chi connectivity index (χ4v) is 4.12. The summed E-state index contributed by atoms with van der Waals surface area (Å²) < 4.78 is 0. The summed E-state index contributed by atoms with van der Waals surface area (Å²) in [5.41, 5.74) is 2.50. The number of piperazine rings is 1. The number of aryl methyl sites for hydroxylation is 1. The number of carbonyl (C=O) groups excluding carboxylic acids is 1. The molecule has 1 fully saturated rings. The topological polar surface area (TPSA) is 65.1 Å². The number of aromatic nitrogens is 3. The molecule has 4 heterocycles. The SMILES string of the molecule is Cc1nc(-c2c[nH]c(C(=O)N3CCN(c4nccs4)CC3)c2)cs1. The minimum atomic E-state index is 0.0481. The second-order valence-corrected chi connectivity index (χ2v) is 7.58. The molecule has 24 heavy (non-hydrogen) atoms. The molecule has 1 N–H and O–H groups in total. The molecule has 0 aromatic carbocycles. The Morgan fingerprint density at radius 2 is 2.08 bits per heavy atom. The van der Waals surface area contributed by atoms with Gasteiger partial charge in [0.05, 0.1) is 10.7 Å². The normalized spacial score (nSPS) is 15.0. The first-order chi connectivity index (χ1) is 11.7. The Morgan fingerprint density at radius 1 is 1.25 bits per heavy atom. The van der Waals surface area contributed by atoms with Crippen molar-refractivity contribution in [1.29, 1.82) is 0 Å². The lowest BCUT2D eigenvalue weighted by atomic mass is 10.2. The van der Waals surface area contributed by atoms with Gasteiger partial charge in [-0.15, -0.1) is 22.7 Å². The van der Waals surface area contributed by atoms with Gasteiger partial charge in [-0.05, 0) is 13.0 Å². The maximum absolute atomic E-state index is 12.7. The fourth-order valence-electron chi connectivity index (χ4n) is 2.80. The molecule has 0 spiro atoms. The van der Waals surface area contributed by atoms with Crippen molar-refractivity contribution in [2.24, 2.45) is 0 Å². The van der Waals surface area contributed by atoms with Crippen LogP contribution in [0.5, 0.6) is 0 Å². The number of rotatable bonds is 3. The summed E-state index contributed by atoms with van der Waals surface area (Å²) in [5, 5.41) is 6.05. The molecule has 4 rings (SSSR count). The van der Waals surface area contributed by atoms with Crippen molar-refractivity contribution >= 4 is 33.7 Å². The molecule has 1 aliphatic heterocycles. The van der Waals surface area contributed by atoms with Crippen molar-refractivity contribution in [3.8, 4) is 11.3 Å². The fraction of sp³-hybridized carbons (Fsp3) is 0.312. The standard InChI is InChI=1S/C16H17N5OS2/c1-11-19-14(10-24-11)12-8-13(18-9-12)15(22)20-3-5-21(6-4-20)16-17-2-7-23-16/h2,7-10,18H,3-6H2,1H3. The first kappa shape index (κ1) is 15.3. The summed E-state index contributed by atoms with van der Waals surface area (Å²) in [5.74, 6) is 0.0481. The summed E-state index contributed by atoms with van der Waals surface area (Å²) in [6.45, 7) is 5.04. The largest absolute Gasteiger partial charge is 0.357 e. The molecule has 1 saturated heterocycles. The Bertz CT molecular complexity index is 830. The Morgan fingerprint density at radius 3 is 2.75 bits per heavy atom. The van der Waals surface area contributed by atoms with E-state index in [1.165, 1.54) is 0 Å². The van der Waals surface area contributed by atoms with Gasteiger partial charge in [-0.2, -0.15) is 0 Å². The van der Waals surface area contributed by atoms with Crippen LogP contribution < -0.4 is 4.90 Å². The number of aromatic amines is 1. The van der Waals surface area contributed by atoms with Gasteiger partial charge in [-0.1, -0.05) is 0 Å². The van der Waals surface area contributed by atoms with E-state index in [4.69, 9.17) is 0 Å². The molecule has 1 amide bonds. The van der Waals surface area contributed by atoms with Gasteiger partial charge >= 0.3 is 0 Å². The predicted octanol–water partition coefficient (Wildman–Crippen LogP) is 2.87. The third-order valence-electron chi connectivity index (χ3n) is 4.08. The number of carbonyl (C=O) groups is 1. The maximum atomic E-state index is 12.7. The summed E-state index contributed by atoms with van der Waals surface area (Å²) in [6.07, 6.45) is 3.67. The van der Waals surface area contributed by atoms with Crippen molar-refractivity contribution < 1.29 is 4.79 Å². The van der Waals surface area contributed by atoms with Crippen LogP contribution in [0, 0.1) is 6.92 Å². The van der Waals surface area contributed by atoms with Gasteiger partial charge in [0.15, 0.2) is 5.13 Å². The van der Waals surface area contributed by atoms with Crippen LogP contribution in [0.15, 0.2) is 29.2 Å². The second kappa shape index (κ2) is 6.37. The summed E-state index contributed by atoms with van der Waals surface area (Å²) in [7, 11) is 0. The van der Waals surface area contributed by atoms with Crippen LogP contribution in [-0.4, -0.2) is 51.9 Å². The van der Waals surface area contributed by atoms with Crippen molar-refractivity contribution in [3.05, 3.63) is 39.9 Å². The predicted molar refractivity (Wildman–Crippen MR) is 96.9 cm³/mol. The van der Waals surface area contributed by atoms with E-state index >= 15 is 0 Å². The minimum absolute atomic E-state index is 0.0481. The molecule has 6 nitrogen and oxygen atoms in total. The van der Waals surface area contributed by atoms with Crippen molar-refractivity contribution in [1.82, 2.24) is 19.9 Å². The molecule has 0 saturated carbocycles. The number of nitrogens with one attached hydrogen (secondary N) is 1. The Labute approximate surface area is 147 Å². The summed E-state index contributed by atoms with van der Waals surface area (Å²) in [4.78, 5) is 28.7. The van der Waals surface area contributed by atoms with Crippen LogP contribution >= 0.6 is 22.7 Å². The summed E-state index contributed by atoms with van der Waals surface area (Å²) >= 11 is 3.25. The second-order valence-electron chi connectivity index (χ2n) is 5.65. The molecular formula is C16H17N5OS2. The minimum Gasteiger partial charge on any atom is -0.357 e. The molecule has 0 atom stereocenters. The molecule has 8 heteroatoms. The van der Waals surface area contributed by atoms with E-state index in [0.717, 1.165) is 34.5 Å². The molecule has 0 radical (unpaired) electrons.